The van der Waals surface area contributed by atoms with E-state index in [1.54, 1.807) is 0 Å². The van der Waals surface area contributed by atoms with Gasteiger partial charge in [-0.25, -0.2) is 4.98 Å². The first-order valence-corrected chi connectivity index (χ1v) is 9.11. The number of aromatic nitrogens is 3. The lowest BCUT2D eigenvalue weighted by Crippen LogP contribution is -2.39. The maximum Gasteiger partial charge on any atom is 0.228 e. The first kappa shape index (κ1) is 17.6. The molecule has 134 valence electrons. The standard InChI is InChI=1S/C20H28N4O/c1-14(2)24-18(11-12-21-24)16-9-6-8-15(22-16)17-10-7-13-23(17)19(25)20(3,4)5/h6,8-9,11-12,14,17H,7,10,13H2,1-5H3/t17-/m1/s1. The molecular formula is C20H28N4O. The van der Waals surface area contributed by atoms with Gasteiger partial charge < -0.3 is 4.90 Å². The van der Waals surface area contributed by atoms with Crippen molar-refractivity contribution in [2.75, 3.05) is 6.54 Å². The third-order valence-electron chi connectivity index (χ3n) is 4.69. The molecule has 0 spiro atoms. The fourth-order valence-electron chi connectivity index (χ4n) is 3.46. The molecule has 3 heterocycles. The number of pyridine rings is 1. The maximum absolute atomic E-state index is 12.8. The summed E-state index contributed by atoms with van der Waals surface area (Å²) >= 11 is 0. The third-order valence-corrected chi connectivity index (χ3v) is 4.69. The molecule has 2 aromatic rings. The van der Waals surface area contributed by atoms with Crippen molar-refractivity contribution in [2.45, 2.75) is 59.5 Å². The summed E-state index contributed by atoms with van der Waals surface area (Å²) in [7, 11) is 0. The van der Waals surface area contributed by atoms with Crippen LogP contribution >= 0.6 is 0 Å². The normalized spacial score (nSPS) is 18.2. The van der Waals surface area contributed by atoms with Gasteiger partial charge in [0.2, 0.25) is 5.91 Å². The summed E-state index contributed by atoms with van der Waals surface area (Å²) < 4.78 is 1.98. The summed E-state index contributed by atoms with van der Waals surface area (Å²) in [5, 5.41) is 4.41. The molecule has 0 aromatic carbocycles. The van der Waals surface area contributed by atoms with E-state index in [2.05, 4.69) is 18.9 Å². The van der Waals surface area contributed by atoms with Gasteiger partial charge in [0.15, 0.2) is 0 Å². The molecule has 0 saturated carbocycles. The van der Waals surface area contributed by atoms with E-state index in [0.717, 1.165) is 36.5 Å². The Morgan fingerprint density at radius 2 is 2.00 bits per heavy atom. The highest BCUT2D eigenvalue weighted by Gasteiger charge is 2.36. The van der Waals surface area contributed by atoms with E-state index >= 15 is 0 Å². The Balaban J connectivity index is 1.94. The average Bonchev–Trinajstić information content (AvgIpc) is 3.22. The number of carbonyl (C=O) groups excluding carboxylic acids is 1. The zero-order chi connectivity index (χ0) is 18.2. The second-order valence-electron chi connectivity index (χ2n) is 8.11. The van der Waals surface area contributed by atoms with Crippen molar-refractivity contribution in [1.29, 1.82) is 0 Å². The summed E-state index contributed by atoms with van der Waals surface area (Å²) in [4.78, 5) is 19.7. The Kier molecular flexibility index (Phi) is 4.67. The van der Waals surface area contributed by atoms with E-state index in [1.807, 2.05) is 60.8 Å². The maximum atomic E-state index is 12.8. The molecule has 1 atom stereocenters. The molecule has 0 unspecified atom stereocenters. The SMILES string of the molecule is CC(C)n1nccc1-c1cccc([C@H]2CCCN2C(=O)C(C)(C)C)n1. The largest absolute Gasteiger partial charge is 0.334 e. The molecule has 1 amide bonds. The molecule has 25 heavy (non-hydrogen) atoms. The summed E-state index contributed by atoms with van der Waals surface area (Å²) in [6.45, 7) is 11.0. The molecule has 0 N–H and O–H groups in total. The van der Waals surface area contributed by atoms with Crippen LogP contribution in [0, 0.1) is 5.41 Å². The number of carbonyl (C=O) groups is 1. The molecule has 1 aliphatic heterocycles. The predicted molar refractivity (Wildman–Crippen MR) is 99.0 cm³/mol. The van der Waals surface area contributed by atoms with Crippen molar-refractivity contribution in [3.8, 4) is 11.4 Å². The lowest BCUT2D eigenvalue weighted by atomic mass is 9.94. The summed E-state index contributed by atoms with van der Waals surface area (Å²) in [6, 6.07) is 8.44. The second kappa shape index (κ2) is 6.62. The van der Waals surface area contributed by atoms with Crippen LogP contribution in [-0.4, -0.2) is 32.1 Å². The Morgan fingerprint density at radius 1 is 1.24 bits per heavy atom. The lowest BCUT2D eigenvalue weighted by Gasteiger charge is -2.30. The monoisotopic (exact) mass is 340 g/mol. The van der Waals surface area contributed by atoms with Gasteiger partial charge in [-0.15, -0.1) is 0 Å². The summed E-state index contributed by atoms with van der Waals surface area (Å²) in [5.41, 5.74) is 2.54. The second-order valence-corrected chi connectivity index (χ2v) is 8.11. The summed E-state index contributed by atoms with van der Waals surface area (Å²) in [5.74, 6) is 0.203. The fraction of sp³-hybridized carbons (Fsp3) is 0.550. The topological polar surface area (TPSA) is 51.0 Å². The van der Waals surface area contributed by atoms with Crippen LogP contribution in [0.1, 0.15) is 65.2 Å². The van der Waals surface area contributed by atoms with Gasteiger partial charge in [-0.3, -0.25) is 9.48 Å². The van der Waals surface area contributed by atoms with E-state index in [1.165, 1.54) is 0 Å². The van der Waals surface area contributed by atoms with Gasteiger partial charge in [-0.05, 0) is 44.9 Å². The van der Waals surface area contributed by atoms with E-state index < -0.39 is 0 Å². The molecule has 0 bridgehead atoms. The Labute approximate surface area is 150 Å². The van der Waals surface area contributed by atoms with E-state index in [4.69, 9.17) is 4.98 Å². The zero-order valence-electron chi connectivity index (χ0n) is 15.9. The predicted octanol–water partition coefficient (Wildman–Crippen LogP) is 4.24. The Morgan fingerprint density at radius 3 is 2.68 bits per heavy atom. The number of nitrogens with zero attached hydrogens (tertiary/aromatic N) is 4. The fourth-order valence-corrected chi connectivity index (χ4v) is 3.46. The average molecular weight is 340 g/mol. The molecule has 5 heteroatoms. The Bertz CT molecular complexity index is 757. The van der Waals surface area contributed by atoms with Crippen LogP contribution in [0.5, 0.6) is 0 Å². The molecule has 2 aromatic heterocycles. The number of likely N-dealkylation sites (tertiary alicyclic amines) is 1. The van der Waals surface area contributed by atoms with Gasteiger partial charge in [0, 0.05) is 24.2 Å². The number of amides is 1. The third kappa shape index (κ3) is 3.46. The van der Waals surface area contributed by atoms with Gasteiger partial charge >= 0.3 is 0 Å². The zero-order valence-corrected chi connectivity index (χ0v) is 15.9. The minimum absolute atomic E-state index is 0.0714. The van der Waals surface area contributed by atoms with Crippen molar-refractivity contribution in [3.05, 3.63) is 36.2 Å². The quantitative estimate of drug-likeness (QED) is 0.840. The van der Waals surface area contributed by atoms with Crippen LogP contribution in [0.15, 0.2) is 30.5 Å². The highest BCUT2D eigenvalue weighted by molar-refractivity contribution is 5.82. The van der Waals surface area contributed by atoms with Gasteiger partial charge in [-0.1, -0.05) is 26.8 Å². The van der Waals surface area contributed by atoms with Gasteiger partial charge in [0.1, 0.15) is 0 Å². The lowest BCUT2D eigenvalue weighted by molar-refractivity contribution is -0.140. The van der Waals surface area contributed by atoms with Crippen molar-refractivity contribution < 1.29 is 4.79 Å². The van der Waals surface area contributed by atoms with Crippen LogP contribution in [0.3, 0.4) is 0 Å². The number of hydrogen-bond donors (Lipinski definition) is 0. The van der Waals surface area contributed by atoms with Crippen molar-refractivity contribution in [1.82, 2.24) is 19.7 Å². The first-order chi connectivity index (χ1) is 11.8. The van der Waals surface area contributed by atoms with E-state index in [0.29, 0.717) is 0 Å². The molecule has 3 rings (SSSR count). The molecule has 1 saturated heterocycles. The number of hydrogen-bond acceptors (Lipinski definition) is 3. The molecule has 5 nitrogen and oxygen atoms in total. The minimum atomic E-state index is -0.365. The van der Waals surface area contributed by atoms with Crippen molar-refractivity contribution in [3.63, 3.8) is 0 Å². The van der Waals surface area contributed by atoms with Crippen LogP contribution in [0.2, 0.25) is 0 Å². The van der Waals surface area contributed by atoms with Crippen LogP contribution in [0.4, 0.5) is 0 Å². The molecule has 0 radical (unpaired) electrons. The van der Waals surface area contributed by atoms with Gasteiger partial charge in [0.05, 0.1) is 23.1 Å². The molecular weight excluding hydrogens is 312 g/mol. The van der Waals surface area contributed by atoms with E-state index in [-0.39, 0.29) is 23.4 Å². The van der Waals surface area contributed by atoms with Crippen LogP contribution < -0.4 is 0 Å². The molecule has 0 aliphatic carbocycles. The van der Waals surface area contributed by atoms with Crippen LogP contribution in [0.25, 0.3) is 11.4 Å². The van der Waals surface area contributed by atoms with Crippen molar-refractivity contribution in [2.24, 2.45) is 5.41 Å². The summed E-state index contributed by atoms with van der Waals surface area (Å²) in [6.07, 6.45) is 3.82. The van der Waals surface area contributed by atoms with Crippen LogP contribution in [-0.2, 0) is 4.79 Å². The van der Waals surface area contributed by atoms with Gasteiger partial charge in [0.25, 0.3) is 0 Å². The smallest absolute Gasteiger partial charge is 0.228 e. The molecule has 1 aliphatic rings. The van der Waals surface area contributed by atoms with E-state index in [9.17, 15) is 4.79 Å². The minimum Gasteiger partial charge on any atom is -0.334 e. The first-order valence-electron chi connectivity index (χ1n) is 9.11. The highest BCUT2D eigenvalue weighted by atomic mass is 16.2. The van der Waals surface area contributed by atoms with Gasteiger partial charge in [-0.2, -0.15) is 5.10 Å². The number of rotatable bonds is 3. The highest BCUT2D eigenvalue weighted by Crippen LogP contribution is 2.35. The van der Waals surface area contributed by atoms with Crippen molar-refractivity contribution >= 4 is 5.91 Å². The molecule has 1 fully saturated rings. The Hall–Kier alpha value is -2.17.